The fraction of sp³-hybridized carbons (Fsp3) is 0.125. The number of nitro benzene ring substituents is 1. The molecule has 0 aliphatic rings. The predicted molar refractivity (Wildman–Crippen MR) is 85.8 cm³/mol. The summed E-state index contributed by atoms with van der Waals surface area (Å²) in [5.74, 6) is -1.29. The van der Waals surface area contributed by atoms with Crippen molar-refractivity contribution in [3.05, 3.63) is 73.7 Å². The van der Waals surface area contributed by atoms with Crippen molar-refractivity contribution in [2.45, 2.75) is 5.92 Å². The molecule has 0 aliphatic carbocycles. The third kappa shape index (κ3) is 3.55. The van der Waals surface area contributed by atoms with E-state index in [1.807, 2.05) is 6.07 Å². The third-order valence-electron chi connectivity index (χ3n) is 3.29. The minimum Gasteiger partial charge on any atom is -0.468 e. The Morgan fingerprint density at radius 3 is 2.57 bits per heavy atom. The summed E-state index contributed by atoms with van der Waals surface area (Å²) in [6.07, 6.45) is 0. The summed E-state index contributed by atoms with van der Waals surface area (Å²) < 4.78 is 5.62. The van der Waals surface area contributed by atoms with Crippen molar-refractivity contribution in [1.29, 1.82) is 5.26 Å². The number of carbonyl (C=O) groups excluding carboxylic acids is 1. The Bertz CT molecular complexity index is 814. The van der Waals surface area contributed by atoms with Gasteiger partial charge in [0.25, 0.3) is 5.69 Å². The summed E-state index contributed by atoms with van der Waals surface area (Å²) in [7, 11) is 1.27. The first-order chi connectivity index (χ1) is 11.0. The molecule has 0 radical (unpaired) electrons. The number of methoxy groups -OCH3 is 1. The number of esters is 1. The molecule has 23 heavy (non-hydrogen) atoms. The van der Waals surface area contributed by atoms with E-state index in [4.69, 9.17) is 10.00 Å². The molecule has 6 nitrogen and oxygen atoms in total. The first-order valence-corrected chi connectivity index (χ1v) is 7.29. The summed E-state index contributed by atoms with van der Waals surface area (Å²) in [6, 6.07) is 12.9. The van der Waals surface area contributed by atoms with E-state index in [-0.39, 0.29) is 11.3 Å². The van der Waals surface area contributed by atoms with E-state index < -0.39 is 16.8 Å². The van der Waals surface area contributed by atoms with Gasteiger partial charge in [0.1, 0.15) is 17.6 Å². The van der Waals surface area contributed by atoms with Crippen molar-refractivity contribution in [3.8, 4) is 6.07 Å². The topological polar surface area (TPSA) is 93.2 Å². The molecule has 0 saturated carbocycles. The smallest absolute Gasteiger partial charge is 0.317 e. The normalized spacial score (nSPS) is 11.3. The van der Waals surface area contributed by atoms with Crippen LogP contribution in [0.2, 0.25) is 0 Å². The summed E-state index contributed by atoms with van der Waals surface area (Å²) in [6.45, 7) is 0. The maximum atomic E-state index is 12.2. The van der Waals surface area contributed by atoms with Crippen LogP contribution in [0, 0.1) is 21.4 Å². The molecule has 0 spiro atoms. The van der Waals surface area contributed by atoms with Crippen LogP contribution in [0.5, 0.6) is 0 Å². The van der Waals surface area contributed by atoms with Gasteiger partial charge in [-0.05, 0) is 29.3 Å². The molecule has 0 bridgehead atoms. The highest BCUT2D eigenvalue weighted by molar-refractivity contribution is 9.10. The molecule has 0 fully saturated rings. The van der Waals surface area contributed by atoms with E-state index in [0.717, 1.165) is 4.47 Å². The van der Waals surface area contributed by atoms with Gasteiger partial charge in [-0.15, -0.1) is 0 Å². The Morgan fingerprint density at radius 2 is 2.00 bits per heavy atom. The number of benzene rings is 2. The van der Waals surface area contributed by atoms with Crippen LogP contribution in [0.15, 0.2) is 46.9 Å². The highest BCUT2D eigenvalue weighted by Crippen LogP contribution is 2.31. The van der Waals surface area contributed by atoms with Crippen LogP contribution in [-0.4, -0.2) is 18.0 Å². The summed E-state index contributed by atoms with van der Waals surface area (Å²) >= 11 is 3.34. The fourth-order valence-electron chi connectivity index (χ4n) is 2.25. The van der Waals surface area contributed by atoms with Crippen molar-refractivity contribution < 1.29 is 14.5 Å². The molecule has 0 N–H and O–H groups in total. The van der Waals surface area contributed by atoms with Crippen LogP contribution in [0.1, 0.15) is 22.6 Å². The molecule has 0 aromatic heterocycles. The molecular weight excluding hydrogens is 364 g/mol. The van der Waals surface area contributed by atoms with Crippen molar-refractivity contribution in [2.24, 2.45) is 0 Å². The van der Waals surface area contributed by atoms with E-state index in [9.17, 15) is 14.9 Å². The van der Waals surface area contributed by atoms with Crippen molar-refractivity contribution in [3.63, 3.8) is 0 Å². The number of nitro groups is 1. The zero-order valence-corrected chi connectivity index (χ0v) is 13.6. The van der Waals surface area contributed by atoms with Crippen molar-refractivity contribution >= 4 is 27.6 Å². The molecule has 2 rings (SSSR count). The minimum atomic E-state index is -0.773. The van der Waals surface area contributed by atoms with Gasteiger partial charge in [0.2, 0.25) is 0 Å². The van der Waals surface area contributed by atoms with Crippen LogP contribution >= 0.6 is 15.9 Å². The highest BCUT2D eigenvalue weighted by atomic mass is 79.9. The van der Waals surface area contributed by atoms with Crippen LogP contribution in [-0.2, 0) is 9.53 Å². The van der Waals surface area contributed by atoms with E-state index in [0.29, 0.717) is 11.1 Å². The summed E-state index contributed by atoms with van der Waals surface area (Å²) in [5.41, 5.74) is 0.714. The first kappa shape index (κ1) is 16.6. The van der Waals surface area contributed by atoms with Crippen LogP contribution in [0.25, 0.3) is 0 Å². The summed E-state index contributed by atoms with van der Waals surface area (Å²) in [4.78, 5) is 22.5. The standard InChI is InChI=1S/C16H11BrN2O4/c1-23-16(20)15(10-3-2-4-13(17)8-10)11-5-6-14(19(21)22)12(7-11)9-18/h2-8,15H,1H3/t15-/m1/s1. The quantitative estimate of drug-likeness (QED) is 0.463. The van der Waals surface area contributed by atoms with Gasteiger partial charge in [0.05, 0.1) is 12.0 Å². The minimum absolute atomic E-state index is 0.101. The molecule has 116 valence electrons. The van der Waals surface area contributed by atoms with E-state index >= 15 is 0 Å². The Labute approximate surface area is 140 Å². The van der Waals surface area contributed by atoms with Gasteiger partial charge in [-0.2, -0.15) is 5.26 Å². The Balaban J connectivity index is 2.59. The van der Waals surface area contributed by atoms with Crippen LogP contribution in [0.3, 0.4) is 0 Å². The molecule has 0 unspecified atom stereocenters. The fourth-order valence-corrected chi connectivity index (χ4v) is 2.67. The van der Waals surface area contributed by atoms with E-state index in [1.54, 1.807) is 24.3 Å². The van der Waals surface area contributed by atoms with Gasteiger partial charge >= 0.3 is 5.97 Å². The number of carbonyl (C=O) groups is 1. The van der Waals surface area contributed by atoms with Gasteiger partial charge < -0.3 is 4.74 Å². The summed E-state index contributed by atoms with van der Waals surface area (Å²) in [5, 5.41) is 20.0. The highest BCUT2D eigenvalue weighted by Gasteiger charge is 2.26. The maximum absolute atomic E-state index is 12.2. The lowest BCUT2D eigenvalue weighted by atomic mass is 9.90. The average Bonchev–Trinajstić information content (AvgIpc) is 2.54. The number of nitrogens with zero attached hydrogens (tertiary/aromatic N) is 2. The average molecular weight is 375 g/mol. The lowest BCUT2D eigenvalue weighted by molar-refractivity contribution is -0.385. The van der Waals surface area contributed by atoms with Crippen molar-refractivity contribution in [1.82, 2.24) is 0 Å². The van der Waals surface area contributed by atoms with Crippen LogP contribution < -0.4 is 0 Å². The van der Waals surface area contributed by atoms with Crippen molar-refractivity contribution in [2.75, 3.05) is 7.11 Å². The molecule has 2 aromatic carbocycles. The molecule has 0 amide bonds. The van der Waals surface area contributed by atoms with Crippen LogP contribution in [0.4, 0.5) is 5.69 Å². The zero-order chi connectivity index (χ0) is 17.0. The SMILES string of the molecule is COC(=O)[C@H](c1cccc(Br)c1)c1ccc([N+](=O)[O-])c(C#N)c1. The second-order valence-electron chi connectivity index (χ2n) is 4.66. The number of hydrogen-bond donors (Lipinski definition) is 0. The first-order valence-electron chi connectivity index (χ1n) is 6.49. The lowest BCUT2D eigenvalue weighted by Gasteiger charge is -2.16. The Morgan fingerprint density at radius 1 is 1.30 bits per heavy atom. The second-order valence-corrected chi connectivity index (χ2v) is 5.57. The lowest BCUT2D eigenvalue weighted by Crippen LogP contribution is -2.16. The monoisotopic (exact) mass is 374 g/mol. The van der Waals surface area contributed by atoms with Gasteiger partial charge in [-0.1, -0.05) is 34.1 Å². The third-order valence-corrected chi connectivity index (χ3v) is 3.78. The van der Waals surface area contributed by atoms with E-state index in [2.05, 4.69) is 15.9 Å². The molecule has 0 aliphatic heterocycles. The Kier molecular flexibility index (Phi) is 5.09. The molecule has 2 aromatic rings. The maximum Gasteiger partial charge on any atom is 0.317 e. The number of rotatable bonds is 4. The number of hydrogen-bond acceptors (Lipinski definition) is 5. The van der Waals surface area contributed by atoms with Gasteiger partial charge in [0, 0.05) is 10.5 Å². The largest absolute Gasteiger partial charge is 0.468 e. The van der Waals surface area contributed by atoms with Gasteiger partial charge in [-0.25, -0.2) is 0 Å². The Hall–Kier alpha value is -2.72. The molecular formula is C16H11BrN2O4. The number of nitriles is 1. The number of halogens is 1. The second kappa shape index (κ2) is 7.03. The zero-order valence-electron chi connectivity index (χ0n) is 12.0. The van der Waals surface area contributed by atoms with Gasteiger partial charge in [0.15, 0.2) is 0 Å². The molecule has 1 atom stereocenters. The number of ether oxygens (including phenoxy) is 1. The molecule has 0 heterocycles. The van der Waals surface area contributed by atoms with Gasteiger partial charge in [-0.3, -0.25) is 14.9 Å². The molecule has 7 heteroatoms. The molecule has 0 saturated heterocycles. The van der Waals surface area contributed by atoms with E-state index in [1.165, 1.54) is 25.3 Å². The predicted octanol–water partition coefficient (Wildman–Crippen LogP) is 3.53.